The maximum Gasteiger partial charge on any atom is 0.326 e. The lowest BCUT2D eigenvalue weighted by Crippen LogP contribution is -2.43. The van der Waals surface area contributed by atoms with Crippen molar-refractivity contribution in [3.8, 4) is 0 Å². The standard InChI is InChI=1S/C9H17NO5S/c1-3-4-5-7(9(12)13)10-8(11)6-16(2,14)15/h7H,3-6H2,1-2H3,(H,10,11)(H,12,13). The summed E-state index contributed by atoms with van der Waals surface area (Å²) in [5.41, 5.74) is 0. The van der Waals surface area contributed by atoms with Gasteiger partial charge in [-0.2, -0.15) is 0 Å². The van der Waals surface area contributed by atoms with Gasteiger partial charge in [0.2, 0.25) is 5.91 Å². The Balaban J connectivity index is 4.29. The first-order valence-electron chi connectivity index (χ1n) is 4.96. The van der Waals surface area contributed by atoms with Crippen molar-refractivity contribution in [2.75, 3.05) is 12.0 Å². The molecule has 2 N–H and O–H groups in total. The van der Waals surface area contributed by atoms with Crippen LogP contribution in [-0.2, 0) is 19.4 Å². The molecule has 0 saturated carbocycles. The van der Waals surface area contributed by atoms with Gasteiger partial charge in [-0.05, 0) is 6.42 Å². The maximum atomic E-state index is 11.2. The number of hydrogen-bond donors (Lipinski definition) is 2. The Hall–Kier alpha value is -1.11. The highest BCUT2D eigenvalue weighted by Gasteiger charge is 2.20. The zero-order valence-corrected chi connectivity index (χ0v) is 10.2. The molecule has 7 heteroatoms. The van der Waals surface area contributed by atoms with Gasteiger partial charge in [-0.1, -0.05) is 19.8 Å². The molecule has 0 aliphatic rings. The van der Waals surface area contributed by atoms with Gasteiger partial charge in [-0.3, -0.25) is 4.79 Å². The number of sulfone groups is 1. The molecule has 0 heterocycles. The average Bonchev–Trinajstić information content (AvgIpc) is 2.08. The zero-order chi connectivity index (χ0) is 12.8. The fourth-order valence-corrected chi connectivity index (χ4v) is 1.70. The second kappa shape index (κ2) is 6.47. The van der Waals surface area contributed by atoms with Gasteiger partial charge >= 0.3 is 5.97 Å². The van der Waals surface area contributed by atoms with Crippen molar-refractivity contribution in [1.29, 1.82) is 0 Å². The summed E-state index contributed by atoms with van der Waals surface area (Å²) in [6.07, 6.45) is 2.71. The minimum Gasteiger partial charge on any atom is -0.480 e. The van der Waals surface area contributed by atoms with Gasteiger partial charge in [-0.15, -0.1) is 0 Å². The Morgan fingerprint density at radius 1 is 1.38 bits per heavy atom. The normalized spacial score (nSPS) is 13.1. The molecule has 0 spiro atoms. The summed E-state index contributed by atoms with van der Waals surface area (Å²) in [5, 5.41) is 11.0. The Bertz CT molecular complexity index is 349. The molecule has 1 unspecified atom stereocenters. The molecule has 16 heavy (non-hydrogen) atoms. The van der Waals surface area contributed by atoms with E-state index in [2.05, 4.69) is 5.32 Å². The third-order valence-corrected chi connectivity index (χ3v) is 2.66. The smallest absolute Gasteiger partial charge is 0.326 e. The Kier molecular flexibility index (Phi) is 6.02. The second-order valence-corrected chi connectivity index (χ2v) is 5.81. The first-order chi connectivity index (χ1) is 7.26. The largest absolute Gasteiger partial charge is 0.480 e. The fraction of sp³-hybridized carbons (Fsp3) is 0.778. The van der Waals surface area contributed by atoms with Gasteiger partial charge in [0, 0.05) is 6.26 Å². The van der Waals surface area contributed by atoms with Gasteiger partial charge in [0.25, 0.3) is 0 Å². The highest BCUT2D eigenvalue weighted by atomic mass is 32.2. The second-order valence-electron chi connectivity index (χ2n) is 3.67. The molecule has 1 atom stereocenters. The van der Waals surface area contributed by atoms with Gasteiger partial charge in [0.15, 0.2) is 9.84 Å². The van der Waals surface area contributed by atoms with E-state index in [0.717, 1.165) is 12.7 Å². The van der Waals surface area contributed by atoms with Gasteiger partial charge < -0.3 is 10.4 Å². The van der Waals surface area contributed by atoms with E-state index >= 15 is 0 Å². The summed E-state index contributed by atoms with van der Waals surface area (Å²) < 4.78 is 21.6. The SMILES string of the molecule is CCCCC(NC(=O)CS(C)(=O)=O)C(=O)O. The summed E-state index contributed by atoms with van der Waals surface area (Å²) in [7, 11) is -3.42. The molecule has 0 aromatic carbocycles. The number of rotatable bonds is 7. The van der Waals surface area contributed by atoms with Crippen molar-refractivity contribution in [2.45, 2.75) is 32.2 Å². The van der Waals surface area contributed by atoms with E-state index in [-0.39, 0.29) is 0 Å². The number of carbonyl (C=O) groups excluding carboxylic acids is 1. The van der Waals surface area contributed by atoms with Crippen LogP contribution in [0.4, 0.5) is 0 Å². The predicted molar refractivity (Wildman–Crippen MR) is 58.8 cm³/mol. The molecule has 0 fully saturated rings. The quantitative estimate of drug-likeness (QED) is 0.652. The number of aliphatic carboxylic acids is 1. The van der Waals surface area contributed by atoms with Crippen molar-refractivity contribution in [2.24, 2.45) is 0 Å². The van der Waals surface area contributed by atoms with Crippen molar-refractivity contribution in [3.63, 3.8) is 0 Å². The topological polar surface area (TPSA) is 101 Å². The van der Waals surface area contributed by atoms with Gasteiger partial charge in [-0.25, -0.2) is 13.2 Å². The molecule has 94 valence electrons. The van der Waals surface area contributed by atoms with Crippen LogP contribution < -0.4 is 5.32 Å². The summed E-state index contributed by atoms with van der Waals surface area (Å²) in [6.45, 7) is 1.90. The minimum absolute atomic E-state index is 0.307. The van der Waals surface area contributed by atoms with Gasteiger partial charge in [0.05, 0.1) is 0 Å². The number of carbonyl (C=O) groups is 2. The molecule has 6 nitrogen and oxygen atoms in total. The molecular weight excluding hydrogens is 234 g/mol. The van der Waals surface area contributed by atoms with Crippen molar-refractivity contribution >= 4 is 21.7 Å². The molecule has 0 bridgehead atoms. The third-order valence-electron chi connectivity index (χ3n) is 1.87. The highest BCUT2D eigenvalue weighted by molar-refractivity contribution is 7.91. The summed E-state index contributed by atoms with van der Waals surface area (Å²) in [5.74, 6) is -2.59. The highest BCUT2D eigenvalue weighted by Crippen LogP contribution is 2.01. The van der Waals surface area contributed by atoms with E-state index in [0.29, 0.717) is 12.8 Å². The maximum absolute atomic E-state index is 11.2. The average molecular weight is 251 g/mol. The number of hydrogen-bond acceptors (Lipinski definition) is 4. The lowest BCUT2D eigenvalue weighted by atomic mass is 10.1. The molecular formula is C9H17NO5S. The van der Waals surface area contributed by atoms with Crippen LogP contribution >= 0.6 is 0 Å². The molecule has 0 radical (unpaired) electrons. The first-order valence-corrected chi connectivity index (χ1v) is 7.02. The van der Waals surface area contributed by atoms with Crippen LogP contribution in [0, 0.1) is 0 Å². The Morgan fingerprint density at radius 2 is 1.94 bits per heavy atom. The molecule has 0 aromatic rings. The van der Waals surface area contributed by atoms with Crippen LogP contribution in [0.25, 0.3) is 0 Å². The van der Waals surface area contributed by atoms with Crippen molar-refractivity contribution in [3.05, 3.63) is 0 Å². The van der Waals surface area contributed by atoms with E-state index in [1.165, 1.54) is 0 Å². The van der Waals surface area contributed by atoms with E-state index < -0.39 is 33.5 Å². The first kappa shape index (κ1) is 14.9. The van der Waals surface area contributed by atoms with Crippen LogP contribution in [0.1, 0.15) is 26.2 Å². The lowest BCUT2D eigenvalue weighted by Gasteiger charge is -2.13. The molecule has 1 amide bonds. The van der Waals surface area contributed by atoms with Crippen LogP contribution in [-0.4, -0.2) is 43.5 Å². The number of carboxylic acid groups (broad SMARTS) is 1. The summed E-state index contributed by atoms with van der Waals surface area (Å²) in [4.78, 5) is 21.9. The van der Waals surface area contributed by atoms with Gasteiger partial charge in [0.1, 0.15) is 11.8 Å². The number of amides is 1. The van der Waals surface area contributed by atoms with Crippen LogP contribution in [0.2, 0.25) is 0 Å². The Labute approximate surface area is 95.0 Å². The summed E-state index contributed by atoms with van der Waals surface area (Å²) >= 11 is 0. The fourth-order valence-electron chi connectivity index (χ4n) is 1.14. The number of nitrogens with one attached hydrogen (secondary N) is 1. The minimum atomic E-state index is -3.42. The lowest BCUT2D eigenvalue weighted by molar-refractivity contribution is -0.141. The monoisotopic (exact) mass is 251 g/mol. The van der Waals surface area contributed by atoms with E-state index in [4.69, 9.17) is 5.11 Å². The molecule has 0 aliphatic heterocycles. The molecule has 0 saturated heterocycles. The zero-order valence-electron chi connectivity index (χ0n) is 9.39. The molecule has 0 rings (SSSR count). The number of carboxylic acids is 1. The predicted octanol–water partition coefficient (Wildman–Crippen LogP) is -0.209. The van der Waals surface area contributed by atoms with E-state index in [1.54, 1.807) is 0 Å². The van der Waals surface area contributed by atoms with Crippen LogP contribution in [0.3, 0.4) is 0 Å². The van der Waals surface area contributed by atoms with Crippen molar-refractivity contribution in [1.82, 2.24) is 5.32 Å². The third kappa shape index (κ3) is 7.22. The molecule has 0 aromatic heterocycles. The summed E-state index contributed by atoms with van der Waals surface area (Å²) in [6, 6.07) is -1.01. The molecule has 0 aliphatic carbocycles. The van der Waals surface area contributed by atoms with Crippen LogP contribution in [0.5, 0.6) is 0 Å². The number of unbranched alkanes of at least 4 members (excludes halogenated alkanes) is 1. The van der Waals surface area contributed by atoms with E-state index in [9.17, 15) is 18.0 Å². The van der Waals surface area contributed by atoms with Crippen molar-refractivity contribution < 1.29 is 23.1 Å². The van der Waals surface area contributed by atoms with E-state index in [1.807, 2.05) is 6.92 Å². The Morgan fingerprint density at radius 3 is 2.31 bits per heavy atom. The van der Waals surface area contributed by atoms with Crippen LogP contribution in [0.15, 0.2) is 0 Å².